The van der Waals surface area contributed by atoms with Crippen LogP contribution in [0.15, 0.2) is 22.7 Å². The van der Waals surface area contributed by atoms with Crippen molar-refractivity contribution in [3.8, 4) is 11.3 Å². The SMILES string of the molecule is O=C(O[C@H]1CC2CC[C@@H](C1)N2)c1c(-c2c(Cl)cccc2Cl)noc1C1CC1. The van der Waals surface area contributed by atoms with Gasteiger partial charge in [-0.25, -0.2) is 4.79 Å². The zero-order valence-corrected chi connectivity index (χ0v) is 16.2. The summed E-state index contributed by atoms with van der Waals surface area (Å²) in [5.41, 5.74) is 1.29. The van der Waals surface area contributed by atoms with E-state index in [-0.39, 0.29) is 18.0 Å². The summed E-state index contributed by atoms with van der Waals surface area (Å²) >= 11 is 12.7. The number of hydrogen-bond acceptors (Lipinski definition) is 5. The Labute approximate surface area is 167 Å². The molecule has 1 N–H and O–H groups in total. The Hall–Kier alpha value is -1.56. The predicted molar refractivity (Wildman–Crippen MR) is 102 cm³/mol. The van der Waals surface area contributed by atoms with Gasteiger partial charge in [-0.2, -0.15) is 0 Å². The average Bonchev–Trinajstić information content (AvgIpc) is 3.30. The molecular weight excluding hydrogens is 387 g/mol. The van der Waals surface area contributed by atoms with E-state index < -0.39 is 0 Å². The maximum atomic E-state index is 13.1. The molecule has 5 rings (SSSR count). The van der Waals surface area contributed by atoms with Crippen LogP contribution in [-0.4, -0.2) is 29.3 Å². The Kier molecular flexibility index (Phi) is 4.42. The highest BCUT2D eigenvalue weighted by Crippen LogP contribution is 2.46. The highest BCUT2D eigenvalue weighted by Gasteiger charge is 2.40. The minimum absolute atomic E-state index is 0.0761. The van der Waals surface area contributed by atoms with E-state index in [9.17, 15) is 4.79 Å². The quantitative estimate of drug-likeness (QED) is 0.726. The van der Waals surface area contributed by atoms with Crippen LogP contribution in [0.4, 0.5) is 0 Å². The van der Waals surface area contributed by atoms with Crippen LogP contribution in [0.3, 0.4) is 0 Å². The minimum atomic E-state index is -0.379. The number of carbonyl (C=O) groups excluding carboxylic acids is 1. The Bertz CT molecular complexity index is 861. The Balaban J connectivity index is 1.49. The third-order valence-electron chi connectivity index (χ3n) is 5.77. The first-order valence-corrected chi connectivity index (χ1v) is 10.3. The maximum Gasteiger partial charge on any atom is 0.344 e. The summed E-state index contributed by atoms with van der Waals surface area (Å²) < 4.78 is 11.5. The monoisotopic (exact) mass is 406 g/mol. The number of esters is 1. The fraction of sp³-hybridized carbons (Fsp3) is 0.500. The number of piperidine rings is 1. The van der Waals surface area contributed by atoms with Gasteiger partial charge in [-0.1, -0.05) is 34.4 Å². The number of nitrogens with zero attached hydrogens (tertiary/aromatic N) is 1. The van der Waals surface area contributed by atoms with Crippen LogP contribution in [0.5, 0.6) is 0 Å². The van der Waals surface area contributed by atoms with Gasteiger partial charge >= 0.3 is 5.97 Å². The number of rotatable bonds is 4. The molecule has 142 valence electrons. The lowest BCUT2D eigenvalue weighted by molar-refractivity contribution is 0.0175. The molecule has 2 aromatic rings. The highest BCUT2D eigenvalue weighted by atomic mass is 35.5. The molecule has 0 amide bonds. The van der Waals surface area contributed by atoms with E-state index >= 15 is 0 Å². The molecule has 0 radical (unpaired) electrons. The summed E-state index contributed by atoms with van der Waals surface area (Å²) in [4.78, 5) is 13.1. The fourth-order valence-corrected chi connectivity index (χ4v) is 4.91. The smallest absolute Gasteiger partial charge is 0.344 e. The third-order valence-corrected chi connectivity index (χ3v) is 6.40. The highest BCUT2D eigenvalue weighted by molar-refractivity contribution is 6.39. The summed E-state index contributed by atoms with van der Waals surface area (Å²) in [6.07, 6.45) is 5.92. The lowest BCUT2D eigenvalue weighted by Crippen LogP contribution is -2.42. The van der Waals surface area contributed by atoms with E-state index in [1.54, 1.807) is 18.2 Å². The second kappa shape index (κ2) is 6.80. The second-order valence-electron chi connectivity index (χ2n) is 7.78. The van der Waals surface area contributed by atoms with Crippen molar-refractivity contribution >= 4 is 29.2 Å². The van der Waals surface area contributed by atoms with Gasteiger partial charge in [0.2, 0.25) is 0 Å². The molecule has 2 aliphatic heterocycles. The summed E-state index contributed by atoms with van der Waals surface area (Å²) in [6, 6.07) is 6.12. The van der Waals surface area contributed by atoms with Crippen LogP contribution in [0.2, 0.25) is 10.0 Å². The maximum absolute atomic E-state index is 13.1. The largest absolute Gasteiger partial charge is 0.459 e. The molecule has 0 spiro atoms. The molecular formula is C20H20Cl2N2O3. The molecule has 1 aromatic carbocycles. The number of hydrogen-bond donors (Lipinski definition) is 1. The summed E-state index contributed by atoms with van der Waals surface area (Å²) in [5, 5.41) is 8.61. The van der Waals surface area contributed by atoms with Crippen molar-refractivity contribution in [2.24, 2.45) is 0 Å². The van der Waals surface area contributed by atoms with Crippen LogP contribution in [0.1, 0.15) is 60.6 Å². The molecule has 3 atom stereocenters. The van der Waals surface area contributed by atoms with Gasteiger partial charge in [-0.15, -0.1) is 0 Å². The molecule has 1 aromatic heterocycles. The van der Waals surface area contributed by atoms with Crippen LogP contribution in [0.25, 0.3) is 11.3 Å². The number of ether oxygens (including phenoxy) is 1. The van der Waals surface area contributed by atoms with E-state index in [0.29, 0.717) is 44.7 Å². The summed E-state index contributed by atoms with van der Waals surface area (Å²) in [6.45, 7) is 0. The molecule has 2 saturated heterocycles. The first-order chi connectivity index (χ1) is 13.1. The number of benzene rings is 1. The van der Waals surface area contributed by atoms with E-state index in [1.165, 1.54) is 0 Å². The van der Waals surface area contributed by atoms with Gasteiger partial charge in [0.25, 0.3) is 0 Å². The zero-order chi connectivity index (χ0) is 18.5. The fourth-order valence-electron chi connectivity index (χ4n) is 4.33. The summed E-state index contributed by atoms with van der Waals surface area (Å²) in [5.74, 6) is 0.442. The number of nitrogens with one attached hydrogen (secondary N) is 1. The van der Waals surface area contributed by atoms with Crippen LogP contribution in [-0.2, 0) is 4.74 Å². The molecule has 1 unspecified atom stereocenters. The molecule has 3 aliphatic rings. The molecule has 5 nitrogen and oxygen atoms in total. The number of halogens is 2. The molecule has 3 heterocycles. The number of fused-ring (bicyclic) bond motifs is 2. The molecule has 27 heavy (non-hydrogen) atoms. The normalized spacial score (nSPS) is 27.0. The average molecular weight is 407 g/mol. The first-order valence-electron chi connectivity index (χ1n) is 9.51. The Morgan fingerprint density at radius 1 is 1.11 bits per heavy atom. The topological polar surface area (TPSA) is 64.4 Å². The van der Waals surface area contributed by atoms with E-state index in [1.807, 2.05) is 0 Å². The standard InChI is InChI=1S/C20H20Cl2N2O3/c21-14-2-1-3-15(22)16(14)18-17(19(27-24-18)10-4-5-10)20(25)26-13-8-11-6-7-12(9-13)23-11/h1-3,10-13,23H,4-9H2/t11-,12?,13+/m0/s1. The molecule has 1 aliphatic carbocycles. The van der Waals surface area contributed by atoms with E-state index in [4.69, 9.17) is 32.5 Å². The minimum Gasteiger partial charge on any atom is -0.459 e. The molecule has 2 bridgehead atoms. The third kappa shape index (κ3) is 3.26. The lowest BCUT2D eigenvalue weighted by atomic mass is 10.0. The van der Waals surface area contributed by atoms with Gasteiger partial charge < -0.3 is 14.6 Å². The first kappa shape index (κ1) is 17.5. The Morgan fingerprint density at radius 2 is 1.78 bits per heavy atom. The number of aromatic nitrogens is 1. The van der Waals surface area contributed by atoms with Crippen LogP contribution in [0, 0.1) is 0 Å². The zero-order valence-electron chi connectivity index (χ0n) is 14.7. The van der Waals surface area contributed by atoms with E-state index in [0.717, 1.165) is 38.5 Å². The number of carbonyl (C=O) groups is 1. The van der Waals surface area contributed by atoms with E-state index in [2.05, 4.69) is 10.5 Å². The van der Waals surface area contributed by atoms with Gasteiger partial charge in [0.15, 0.2) is 5.76 Å². The van der Waals surface area contributed by atoms with Crippen molar-refractivity contribution in [3.63, 3.8) is 0 Å². The summed E-state index contributed by atoms with van der Waals surface area (Å²) in [7, 11) is 0. The van der Waals surface area contributed by atoms with Gasteiger partial charge in [-0.05, 0) is 50.7 Å². The predicted octanol–water partition coefficient (Wildman–Crippen LogP) is 4.97. The van der Waals surface area contributed by atoms with Gasteiger partial charge in [-0.3, -0.25) is 0 Å². The van der Waals surface area contributed by atoms with Gasteiger partial charge in [0.05, 0.1) is 10.0 Å². The van der Waals surface area contributed by atoms with Crippen LogP contribution >= 0.6 is 23.2 Å². The van der Waals surface area contributed by atoms with Crippen molar-refractivity contribution in [1.82, 2.24) is 10.5 Å². The van der Waals surface area contributed by atoms with Crippen molar-refractivity contribution in [3.05, 3.63) is 39.6 Å². The molecule has 1 saturated carbocycles. The van der Waals surface area contributed by atoms with Crippen molar-refractivity contribution in [2.45, 2.75) is 62.6 Å². The van der Waals surface area contributed by atoms with Gasteiger partial charge in [0.1, 0.15) is 17.4 Å². The van der Waals surface area contributed by atoms with Crippen molar-refractivity contribution in [2.75, 3.05) is 0 Å². The van der Waals surface area contributed by atoms with Gasteiger partial charge in [0, 0.05) is 23.6 Å². The molecule has 3 fully saturated rings. The molecule has 7 heteroatoms. The lowest BCUT2D eigenvalue weighted by Gasteiger charge is -2.28. The van der Waals surface area contributed by atoms with Crippen molar-refractivity contribution in [1.29, 1.82) is 0 Å². The second-order valence-corrected chi connectivity index (χ2v) is 8.59. The Morgan fingerprint density at radius 3 is 2.41 bits per heavy atom. The van der Waals surface area contributed by atoms with Crippen molar-refractivity contribution < 1.29 is 14.1 Å². The van der Waals surface area contributed by atoms with Crippen LogP contribution < -0.4 is 5.32 Å².